The van der Waals surface area contributed by atoms with E-state index < -0.39 is 12.4 Å². The van der Waals surface area contributed by atoms with E-state index in [0.29, 0.717) is 45.4 Å². The van der Waals surface area contributed by atoms with Crippen molar-refractivity contribution in [2.75, 3.05) is 13.1 Å². The Morgan fingerprint density at radius 1 is 1.14 bits per heavy atom. The van der Waals surface area contributed by atoms with Crippen LogP contribution >= 0.6 is 23.1 Å². The fraction of sp³-hybridized carbons (Fsp3) is 0.310. The van der Waals surface area contributed by atoms with Gasteiger partial charge in [0.05, 0.1) is 12.1 Å². The topological polar surface area (TPSA) is 98.2 Å². The average molecular weight is 631 g/mol. The molecule has 5 aromatic rings. The van der Waals surface area contributed by atoms with Crippen LogP contribution in [0.4, 0.5) is 13.2 Å². The molecule has 1 aliphatic rings. The predicted molar refractivity (Wildman–Crippen MR) is 156 cm³/mol. The first-order chi connectivity index (χ1) is 20.7. The van der Waals surface area contributed by atoms with E-state index >= 15 is 0 Å². The fourth-order valence-electron chi connectivity index (χ4n) is 5.24. The number of nitrogens with zero attached hydrogens (tertiary/aromatic N) is 5. The fourth-order valence-corrected chi connectivity index (χ4v) is 5.86. The van der Waals surface area contributed by atoms with E-state index in [1.54, 1.807) is 24.3 Å². The van der Waals surface area contributed by atoms with E-state index in [-0.39, 0.29) is 29.0 Å². The molecule has 4 heterocycles. The first-order valence-electron chi connectivity index (χ1n) is 13.5. The number of aryl methyl sites for hydroxylation is 1. The van der Waals surface area contributed by atoms with Crippen LogP contribution < -0.4 is 14.3 Å². The third-order valence-electron chi connectivity index (χ3n) is 7.48. The van der Waals surface area contributed by atoms with Crippen molar-refractivity contribution >= 4 is 34.2 Å². The van der Waals surface area contributed by atoms with Gasteiger partial charge in [0, 0.05) is 52.4 Å². The molecule has 0 amide bonds. The number of rotatable bonds is 9. The average Bonchev–Trinajstić information content (AvgIpc) is 3.56. The Balaban J connectivity index is 1.13. The quantitative estimate of drug-likeness (QED) is 0.209. The van der Waals surface area contributed by atoms with Gasteiger partial charge in [0.25, 0.3) is 0 Å². The van der Waals surface area contributed by atoms with Crippen LogP contribution in [0.5, 0.6) is 11.6 Å². The Morgan fingerprint density at radius 3 is 2.67 bits per heavy atom. The van der Waals surface area contributed by atoms with Gasteiger partial charge < -0.3 is 14.0 Å². The summed E-state index contributed by atoms with van der Waals surface area (Å²) < 4.78 is 57.1. The number of piperidine rings is 1. The van der Waals surface area contributed by atoms with Crippen molar-refractivity contribution in [3.63, 3.8) is 0 Å². The van der Waals surface area contributed by atoms with E-state index in [1.807, 2.05) is 23.7 Å². The molecular formula is C29H26ClF3N6O3S. The van der Waals surface area contributed by atoms with E-state index in [4.69, 9.17) is 21.1 Å². The SMILES string of the molecule is Cn1c(CN2CCC(c3cccc(OCc4ccc(Cl)cc4F)n3)CC2)nc2c(OC(F)F)cc(-c3nsc(=O)[nH]3)cc21. The highest BCUT2D eigenvalue weighted by molar-refractivity contribution is 7.03. The second kappa shape index (κ2) is 12.3. The molecule has 224 valence electrons. The van der Waals surface area contributed by atoms with Gasteiger partial charge >= 0.3 is 11.5 Å². The van der Waals surface area contributed by atoms with Gasteiger partial charge in [-0.05, 0) is 56.3 Å². The van der Waals surface area contributed by atoms with Gasteiger partial charge in [0.15, 0.2) is 11.6 Å². The molecule has 0 radical (unpaired) electrons. The Kier molecular flexibility index (Phi) is 8.37. The van der Waals surface area contributed by atoms with E-state index in [0.717, 1.165) is 43.2 Å². The lowest BCUT2D eigenvalue weighted by atomic mass is 9.93. The zero-order valence-electron chi connectivity index (χ0n) is 22.9. The van der Waals surface area contributed by atoms with E-state index in [2.05, 4.69) is 24.2 Å². The van der Waals surface area contributed by atoms with Gasteiger partial charge in [-0.3, -0.25) is 14.7 Å². The number of fused-ring (bicyclic) bond motifs is 1. The lowest BCUT2D eigenvalue weighted by Crippen LogP contribution is -2.33. The maximum Gasteiger partial charge on any atom is 0.387 e. The molecule has 0 aliphatic carbocycles. The van der Waals surface area contributed by atoms with Crippen LogP contribution in [0.3, 0.4) is 0 Å². The maximum absolute atomic E-state index is 14.1. The number of imidazole rings is 1. The van der Waals surface area contributed by atoms with Crippen LogP contribution in [-0.2, 0) is 20.2 Å². The molecule has 1 saturated heterocycles. The molecule has 0 atom stereocenters. The Labute approximate surface area is 253 Å². The second-order valence-electron chi connectivity index (χ2n) is 10.2. The summed E-state index contributed by atoms with van der Waals surface area (Å²) in [4.78, 5) is 25.5. The van der Waals surface area contributed by atoms with Crippen molar-refractivity contribution in [3.8, 4) is 23.0 Å². The first-order valence-corrected chi connectivity index (χ1v) is 14.6. The number of hydrogen-bond donors (Lipinski definition) is 1. The van der Waals surface area contributed by atoms with Gasteiger partial charge in [0.2, 0.25) is 5.88 Å². The summed E-state index contributed by atoms with van der Waals surface area (Å²) in [5, 5.41) is 0.328. The van der Waals surface area contributed by atoms with Gasteiger partial charge in [-0.1, -0.05) is 23.7 Å². The van der Waals surface area contributed by atoms with Gasteiger partial charge in [-0.2, -0.15) is 13.2 Å². The molecule has 3 aromatic heterocycles. The van der Waals surface area contributed by atoms with Crippen LogP contribution in [0.25, 0.3) is 22.4 Å². The standard InChI is InChI=1S/C29H26ClF3N6O3S/c1-38-22-11-18(27-36-29(40)43-37-27)12-23(42-28(32)33)26(22)35-24(38)14-39-9-7-16(8-10-39)21-3-2-4-25(34-21)41-15-17-5-6-19(30)13-20(17)31/h2-6,11-13,16,28H,7-10,14-15H2,1H3,(H,36,37,40). The molecule has 1 N–H and O–H groups in total. The van der Waals surface area contributed by atoms with Crippen LogP contribution in [0.1, 0.15) is 35.8 Å². The van der Waals surface area contributed by atoms with Crippen molar-refractivity contribution in [1.82, 2.24) is 28.8 Å². The number of aromatic amines is 1. The molecule has 1 fully saturated rings. The molecule has 0 saturated carbocycles. The van der Waals surface area contributed by atoms with Crippen LogP contribution in [0.15, 0.2) is 53.3 Å². The molecule has 9 nitrogen and oxygen atoms in total. The third kappa shape index (κ3) is 6.53. The van der Waals surface area contributed by atoms with Crippen molar-refractivity contribution in [2.45, 2.75) is 38.5 Å². The summed E-state index contributed by atoms with van der Waals surface area (Å²) in [5.74, 6) is 1.12. The lowest BCUT2D eigenvalue weighted by Gasteiger charge is -2.31. The maximum atomic E-state index is 14.1. The number of pyridine rings is 1. The largest absolute Gasteiger partial charge is 0.473 e. The molecule has 0 spiro atoms. The summed E-state index contributed by atoms with van der Waals surface area (Å²) in [6.45, 7) is -0.917. The highest BCUT2D eigenvalue weighted by Crippen LogP contribution is 2.34. The van der Waals surface area contributed by atoms with E-state index in [9.17, 15) is 18.0 Å². The third-order valence-corrected chi connectivity index (χ3v) is 8.26. The van der Waals surface area contributed by atoms with Crippen LogP contribution in [0.2, 0.25) is 5.02 Å². The highest BCUT2D eigenvalue weighted by Gasteiger charge is 2.25. The Morgan fingerprint density at radius 2 is 1.95 bits per heavy atom. The lowest BCUT2D eigenvalue weighted by molar-refractivity contribution is -0.0488. The number of ether oxygens (including phenoxy) is 2. The van der Waals surface area contributed by atoms with Crippen LogP contribution in [-0.4, -0.2) is 48.5 Å². The normalized spacial score (nSPS) is 14.6. The molecule has 43 heavy (non-hydrogen) atoms. The van der Waals surface area contributed by atoms with Crippen molar-refractivity contribution in [3.05, 3.63) is 86.1 Å². The van der Waals surface area contributed by atoms with E-state index in [1.165, 1.54) is 12.1 Å². The number of aromatic nitrogens is 5. The second-order valence-corrected chi connectivity index (χ2v) is 11.4. The smallest absolute Gasteiger partial charge is 0.387 e. The summed E-state index contributed by atoms with van der Waals surface area (Å²) in [5.41, 5.74) is 2.67. The minimum atomic E-state index is -3.03. The number of alkyl halides is 2. The minimum Gasteiger partial charge on any atom is -0.473 e. The summed E-state index contributed by atoms with van der Waals surface area (Å²) in [7, 11) is 1.82. The molecule has 1 aliphatic heterocycles. The Hall–Kier alpha value is -3.94. The van der Waals surface area contributed by atoms with Gasteiger partial charge in [-0.25, -0.2) is 14.4 Å². The molecule has 14 heteroatoms. The van der Waals surface area contributed by atoms with Crippen molar-refractivity contribution in [1.29, 1.82) is 0 Å². The summed E-state index contributed by atoms with van der Waals surface area (Å²) in [6, 6.07) is 13.2. The first kappa shape index (κ1) is 29.1. The summed E-state index contributed by atoms with van der Waals surface area (Å²) in [6.07, 6.45) is 1.71. The van der Waals surface area contributed by atoms with Crippen LogP contribution in [0, 0.1) is 5.82 Å². The molecule has 0 bridgehead atoms. The number of halogens is 4. The predicted octanol–water partition coefficient (Wildman–Crippen LogP) is 6.13. The van der Waals surface area contributed by atoms with Gasteiger partial charge in [-0.15, -0.1) is 0 Å². The molecular weight excluding hydrogens is 605 g/mol. The zero-order valence-corrected chi connectivity index (χ0v) is 24.5. The number of benzene rings is 2. The molecule has 2 aromatic carbocycles. The van der Waals surface area contributed by atoms with Crippen molar-refractivity contribution < 1.29 is 22.6 Å². The highest BCUT2D eigenvalue weighted by atomic mass is 35.5. The van der Waals surface area contributed by atoms with Gasteiger partial charge in [0.1, 0.15) is 23.8 Å². The number of likely N-dealkylation sites (tertiary alicyclic amines) is 1. The number of nitrogens with one attached hydrogen (secondary N) is 1. The Bertz CT molecular complexity index is 1820. The monoisotopic (exact) mass is 630 g/mol. The minimum absolute atomic E-state index is 0.0448. The molecule has 6 rings (SSSR count). The number of H-pyrrole nitrogens is 1. The number of hydrogen-bond acceptors (Lipinski definition) is 8. The molecule has 0 unspecified atom stereocenters. The van der Waals surface area contributed by atoms with Crippen molar-refractivity contribution in [2.24, 2.45) is 7.05 Å². The summed E-state index contributed by atoms with van der Waals surface area (Å²) >= 11 is 6.58. The zero-order chi connectivity index (χ0) is 30.1.